The monoisotopic (exact) mass is 429 g/mol. The smallest absolute Gasteiger partial charge is 0.190 e. The minimum Gasteiger partial charge on any atom is -0.383 e. The highest BCUT2D eigenvalue weighted by molar-refractivity contribution is 5.76. The van der Waals surface area contributed by atoms with Gasteiger partial charge in [-0.05, 0) is 72.6 Å². The second-order valence-corrected chi connectivity index (χ2v) is 8.14. The Morgan fingerprint density at radius 2 is 1.81 bits per heavy atom. The Morgan fingerprint density at radius 3 is 2.59 bits per heavy atom. The van der Waals surface area contributed by atoms with Gasteiger partial charge in [-0.3, -0.25) is 4.90 Å². The average molecular weight is 430 g/mol. The maximum atomic E-state index is 14.1. The van der Waals surface area contributed by atoms with Crippen LogP contribution in [0.15, 0.2) is 54.7 Å². The van der Waals surface area contributed by atoms with Crippen molar-refractivity contribution in [1.29, 1.82) is 0 Å². The molecule has 0 bridgehead atoms. The second kappa shape index (κ2) is 8.47. The predicted molar refractivity (Wildman–Crippen MR) is 121 cm³/mol. The molecular formula is C24H24FN7. The quantitative estimate of drug-likeness (QED) is 0.516. The Bertz CT molecular complexity index is 1240. The van der Waals surface area contributed by atoms with Crippen LogP contribution in [0, 0.1) is 12.7 Å². The third kappa shape index (κ3) is 3.85. The molecule has 3 heterocycles. The van der Waals surface area contributed by atoms with Gasteiger partial charge >= 0.3 is 0 Å². The van der Waals surface area contributed by atoms with Crippen LogP contribution in [0.25, 0.3) is 28.2 Å². The Balaban J connectivity index is 1.48. The van der Waals surface area contributed by atoms with Crippen molar-refractivity contribution in [3.63, 3.8) is 0 Å². The molecule has 162 valence electrons. The third-order valence-electron chi connectivity index (χ3n) is 5.99. The van der Waals surface area contributed by atoms with Gasteiger partial charge in [0.05, 0.1) is 11.3 Å². The molecule has 0 radical (unpaired) electrons. The molecule has 1 saturated heterocycles. The molecule has 0 amide bonds. The summed E-state index contributed by atoms with van der Waals surface area (Å²) in [7, 11) is 0. The van der Waals surface area contributed by atoms with Crippen LogP contribution in [0.2, 0.25) is 0 Å². The Morgan fingerprint density at radius 1 is 1.03 bits per heavy atom. The highest BCUT2D eigenvalue weighted by atomic mass is 19.1. The number of anilines is 1. The predicted octanol–water partition coefficient (Wildman–Crippen LogP) is 4.02. The number of nitrogens with zero attached hydrogens (tertiary/aromatic N) is 6. The Labute approximate surface area is 185 Å². The molecule has 0 aliphatic carbocycles. The number of nitrogen functional groups attached to an aromatic ring is 1. The molecule has 1 aliphatic heterocycles. The number of hydrogen-bond acceptors (Lipinski definition) is 6. The van der Waals surface area contributed by atoms with E-state index in [1.165, 1.54) is 42.2 Å². The van der Waals surface area contributed by atoms with E-state index in [0.29, 0.717) is 28.5 Å². The van der Waals surface area contributed by atoms with Crippen molar-refractivity contribution in [1.82, 2.24) is 30.1 Å². The number of pyridine rings is 1. The van der Waals surface area contributed by atoms with Gasteiger partial charge in [0.1, 0.15) is 11.6 Å². The molecule has 32 heavy (non-hydrogen) atoms. The molecule has 2 aromatic carbocycles. The summed E-state index contributed by atoms with van der Waals surface area (Å²) in [6.07, 6.45) is 4.31. The molecule has 5 rings (SSSR count). The van der Waals surface area contributed by atoms with E-state index in [-0.39, 0.29) is 5.82 Å². The first-order valence-electron chi connectivity index (χ1n) is 10.7. The number of rotatable bonds is 5. The van der Waals surface area contributed by atoms with Crippen LogP contribution in [0.4, 0.5) is 10.2 Å². The summed E-state index contributed by atoms with van der Waals surface area (Å²) in [6, 6.07) is 15.2. The summed E-state index contributed by atoms with van der Waals surface area (Å²) in [5, 5.41) is 12.0. The summed E-state index contributed by atoms with van der Waals surface area (Å²) in [6.45, 7) is 5.02. The zero-order valence-corrected chi connectivity index (χ0v) is 17.9. The minimum atomic E-state index is -0.321. The average Bonchev–Trinajstić information content (AvgIpc) is 3.49. The second-order valence-electron chi connectivity index (χ2n) is 8.14. The molecule has 0 unspecified atom stereocenters. The third-order valence-corrected chi connectivity index (χ3v) is 5.99. The van der Waals surface area contributed by atoms with E-state index in [9.17, 15) is 4.39 Å². The van der Waals surface area contributed by atoms with E-state index in [0.717, 1.165) is 17.7 Å². The first kappa shape index (κ1) is 20.3. The number of likely N-dealkylation sites (tertiary alicyclic amines) is 1. The number of nitrogens with two attached hydrogens (primary N) is 1. The van der Waals surface area contributed by atoms with Crippen LogP contribution in [-0.2, 0) is 6.54 Å². The van der Waals surface area contributed by atoms with Crippen LogP contribution in [0.1, 0.15) is 24.0 Å². The van der Waals surface area contributed by atoms with Gasteiger partial charge in [-0.2, -0.15) is 4.68 Å². The first-order valence-corrected chi connectivity index (χ1v) is 10.7. The van der Waals surface area contributed by atoms with Crippen LogP contribution in [-0.4, -0.2) is 43.2 Å². The van der Waals surface area contributed by atoms with Crippen molar-refractivity contribution in [2.24, 2.45) is 0 Å². The van der Waals surface area contributed by atoms with E-state index in [1.54, 1.807) is 25.3 Å². The number of benzene rings is 2. The van der Waals surface area contributed by atoms with Crippen molar-refractivity contribution < 1.29 is 4.39 Å². The van der Waals surface area contributed by atoms with Gasteiger partial charge in [0.2, 0.25) is 0 Å². The molecule has 4 aromatic rings. The fourth-order valence-electron chi connectivity index (χ4n) is 4.16. The Hall–Kier alpha value is -3.65. The zero-order valence-electron chi connectivity index (χ0n) is 17.9. The van der Waals surface area contributed by atoms with Gasteiger partial charge in [-0.15, -0.1) is 5.10 Å². The number of aromatic nitrogens is 5. The van der Waals surface area contributed by atoms with Crippen LogP contribution < -0.4 is 5.73 Å². The topological polar surface area (TPSA) is 85.8 Å². The van der Waals surface area contributed by atoms with Gasteiger partial charge in [-0.1, -0.05) is 30.3 Å². The summed E-state index contributed by atoms with van der Waals surface area (Å²) >= 11 is 0. The SMILES string of the molecule is Cc1c(F)cccc1-n1nnnc1-c1cc(-c2ccc(CN3CCCC3)cc2)cnc1N. The lowest BCUT2D eigenvalue weighted by Crippen LogP contribution is -2.18. The van der Waals surface area contributed by atoms with Crippen molar-refractivity contribution in [2.75, 3.05) is 18.8 Å². The highest BCUT2D eigenvalue weighted by Gasteiger charge is 2.18. The van der Waals surface area contributed by atoms with E-state index in [1.807, 2.05) is 6.07 Å². The number of tetrazole rings is 1. The van der Waals surface area contributed by atoms with E-state index in [2.05, 4.69) is 49.7 Å². The van der Waals surface area contributed by atoms with Crippen LogP contribution in [0.5, 0.6) is 0 Å². The highest BCUT2D eigenvalue weighted by Crippen LogP contribution is 2.30. The molecule has 0 atom stereocenters. The fourth-order valence-corrected chi connectivity index (χ4v) is 4.16. The van der Waals surface area contributed by atoms with Crippen LogP contribution >= 0.6 is 0 Å². The maximum absolute atomic E-state index is 14.1. The fraction of sp³-hybridized carbons (Fsp3) is 0.250. The maximum Gasteiger partial charge on any atom is 0.190 e. The molecule has 2 N–H and O–H groups in total. The lowest BCUT2D eigenvalue weighted by atomic mass is 10.0. The molecule has 2 aromatic heterocycles. The van der Waals surface area contributed by atoms with Gasteiger partial charge in [0, 0.05) is 23.9 Å². The van der Waals surface area contributed by atoms with Crippen LogP contribution in [0.3, 0.4) is 0 Å². The Kier molecular flexibility index (Phi) is 5.36. The van der Waals surface area contributed by atoms with Crippen molar-refractivity contribution >= 4 is 5.82 Å². The van der Waals surface area contributed by atoms with Crippen molar-refractivity contribution in [3.05, 3.63) is 71.7 Å². The van der Waals surface area contributed by atoms with E-state index < -0.39 is 0 Å². The summed E-state index contributed by atoms with van der Waals surface area (Å²) in [5.74, 6) is 0.401. The summed E-state index contributed by atoms with van der Waals surface area (Å²) < 4.78 is 15.6. The number of halogens is 1. The molecule has 0 saturated carbocycles. The lowest BCUT2D eigenvalue weighted by Gasteiger charge is -2.15. The van der Waals surface area contributed by atoms with Gasteiger partial charge in [0.25, 0.3) is 0 Å². The van der Waals surface area contributed by atoms with Gasteiger partial charge in [0.15, 0.2) is 5.82 Å². The first-order chi connectivity index (χ1) is 15.6. The molecule has 7 nitrogen and oxygen atoms in total. The summed E-state index contributed by atoms with van der Waals surface area (Å²) in [5.41, 5.74) is 11.0. The number of hydrogen-bond donors (Lipinski definition) is 1. The molecule has 0 spiro atoms. The van der Waals surface area contributed by atoms with E-state index in [4.69, 9.17) is 5.73 Å². The largest absolute Gasteiger partial charge is 0.383 e. The molecular weight excluding hydrogens is 405 g/mol. The zero-order chi connectivity index (χ0) is 22.1. The molecule has 1 fully saturated rings. The lowest BCUT2D eigenvalue weighted by molar-refractivity contribution is 0.331. The minimum absolute atomic E-state index is 0.310. The normalized spacial score (nSPS) is 14.2. The molecule has 1 aliphatic rings. The van der Waals surface area contributed by atoms with Gasteiger partial charge in [-0.25, -0.2) is 9.37 Å². The standard InChI is InChI=1S/C24H24FN7/c1-16-21(25)5-4-6-22(16)32-24(28-29-30-32)20-13-19(14-27-23(20)26)18-9-7-17(8-10-18)15-31-11-2-3-12-31/h4-10,13-14H,2-3,11-12,15H2,1H3,(H2,26,27). The van der Waals surface area contributed by atoms with Crippen molar-refractivity contribution in [3.8, 4) is 28.2 Å². The van der Waals surface area contributed by atoms with Gasteiger partial charge < -0.3 is 5.73 Å². The van der Waals surface area contributed by atoms with Crippen molar-refractivity contribution in [2.45, 2.75) is 26.3 Å². The van der Waals surface area contributed by atoms with E-state index >= 15 is 0 Å². The molecule has 8 heteroatoms. The summed E-state index contributed by atoms with van der Waals surface area (Å²) in [4.78, 5) is 6.86.